The molecule has 1 unspecified atom stereocenters. The second kappa shape index (κ2) is 10.4. The van der Waals surface area contributed by atoms with Gasteiger partial charge in [-0.15, -0.1) is 0 Å². The Bertz CT molecular complexity index is 994. The molecular weight excluding hydrogens is 414 g/mol. The minimum atomic E-state index is -0.471. The van der Waals surface area contributed by atoms with Gasteiger partial charge in [-0.2, -0.15) is 0 Å². The third-order valence-corrected chi connectivity index (χ3v) is 6.67. The van der Waals surface area contributed by atoms with Gasteiger partial charge in [0.2, 0.25) is 0 Å². The smallest absolute Gasteiger partial charge is 0.286 e. The number of guanidine groups is 1. The van der Waals surface area contributed by atoms with Crippen LogP contribution in [0.4, 0.5) is 0 Å². The van der Waals surface area contributed by atoms with Crippen molar-refractivity contribution < 1.29 is 4.79 Å². The molecule has 33 heavy (non-hydrogen) atoms. The van der Waals surface area contributed by atoms with Gasteiger partial charge in [0.1, 0.15) is 0 Å². The van der Waals surface area contributed by atoms with Crippen LogP contribution in [-0.4, -0.2) is 70.7 Å². The molecule has 0 saturated carbocycles. The molecule has 1 aromatic heterocycles. The van der Waals surface area contributed by atoms with Gasteiger partial charge in [0.15, 0.2) is 11.8 Å². The molecule has 8 nitrogen and oxygen atoms in total. The lowest BCUT2D eigenvalue weighted by atomic mass is 9.97. The molecule has 5 N–H and O–H groups in total. The summed E-state index contributed by atoms with van der Waals surface area (Å²) in [7, 11) is 2.08. The number of benzene rings is 1. The normalized spacial score (nSPS) is 17.2. The first-order valence-corrected chi connectivity index (χ1v) is 11.8. The number of amides is 1. The number of H-pyrrole nitrogens is 1. The van der Waals surface area contributed by atoms with Crippen LogP contribution in [0.1, 0.15) is 46.1 Å². The Morgan fingerprint density at radius 2 is 1.91 bits per heavy atom. The number of likely N-dealkylation sites (N-methyl/N-ethyl adjacent to an activating group) is 1. The molecule has 1 fully saturated rings. The number of fused-ring (bicyclic) bond motifs is 1. The second-order valence-electron chi connectivity index (χ2n) is 10.2. The molecule has 1 atom stereocenters. The second-order valence-corrected chi connectivity index (χ2v) is 10.2. The fraction of sp³-hybridized carbons (Fsp3) is 0.560. The van der Waals surface area contributed by atoms with Gasteiger partial charge >= 0.3 is 0 Å². The quantitative estimate of drug-likeness (QED) is 0.342. The highest BCUT2D eigenvalue weighted by Gasteiger charge is 2.32. The maximum Gasteiger partial charge on any atom is 0.286 e. The van der Waals surface area contributed by atoms with Crippen LogP contribution in [-0.2, 0) is 11.2 Å². The van der Waals surface area contributed by atoms with Crippen molar-refractivity contribution in [3.05, 3.63) is 36.0 Å². The number of carbonyl (C=O) groups excluding carboxylic acids is 1. The molecule has 1 saturated heterocycles. The first-order valence-electron chi connectivity index (χ1n) is 11.8. The zero-order valence-corrected chi connectivity index (χ0v) is 20.6. The Labute approximate surface area is 197 Å². The zero-order valence-electron chi connectivity index (χ0n) is 20.6. The summed E-state index contributed by atoms with van der Waals surface area (Å²) in [6.45, 7) is 10.8. The van der Waals surface area contributed by atoms with Crippen molar-refractivity contribution in [2.45, 2.75) is 58.5 Å². The van der Waals surface area contributed by atoms with Crippen molar-refractivity contribution in [3.8, 4) is 0 Å². The molecule has 0 radical (unpaired) electrons. The standard InChI is InChI=1S/C25H39N7O/c1-17(2)10-11-19(14-18-15-28-21-9-7-6-8-20(18)21)29-23(33)22(26)30-24(27)32-13-12-31(5)25(3,4)16-32/h6-9,15,17,19,28H,10-14,16H2,1-5H3,(H,29,33)(H3,26,27,30). The van der Waals surface area contributed by atoms with Crippen LogP contribution < -0.4 is 10.6 Å². The van der Waals surface area contributed by atoms with Gasteiger partial charge in [0, 0.05) is 48.3 Å². The lowest BCUT2D eigenvalue weighted by Gasteiger charge is -2.46. The molecule has 0 bridgehead atoms. The van der Waals surface area contributed by atoms with Crippen LogP contribution in [0.2, 0.25) is 0 Å². The number of piperazine rings is 1. The number of nitrogens with one attached hydrogen (secondary N) is 5. The van der Waals surface area contributed by atoms with E-state index in [0.29, 0.717) is 25.4 Å². The van der Waals surface area contributed by atoms with Gasteiger partial charge in [0.05, 0.1) is 0 Å². The molecule has 1 amide bonds. The van der Waals surface area contributed by atoms with Crippen molar-refractivity contribution >= 4 is 28.6 Å². The number of aromatic amines is 1. The van der Waals surface area contributed by atoms with Crippen molar-refractivity contribution in [1.29, 1.82) is 10.8 Å². The van der Waals surface area contributed by atoms with Gasteiger partial charge in [0.25, 0.3) is 5.91 Å². The molecule has 0 spiro atoms. The lowest BCUT2D eigenvalue weighted by Crippen LogP contribution is -2.61. The molecule has 8 heteroatoms. The molecule has 0 aliphatic carbocycles. The van der Waals surface area contributed by atoms with Gasteiger partial charge in [-0.3, -0.25) is 20.5 Å². The first-order chi connectivity index (χ1) is 15.6. The average molecular weight is 454 g/mol. The van der Waals surface area contributed by atoms with E-state index in [9.17, 15) is 4.79 Å². The van der Waals surface area contributed by atoms with E-state index >= 15 is 0 Å². The summed E-state index contributed by atoms with van der Waals surface area (Å²) >= 11 is 0. The zero-order chi connectivity index (χ0) is 24.2. The summed E-state index contributed by atoms with van der Waals surface area (Å²) in [6, 6.07) is 8.07. The molecule has 1 aromatic carbocycles. The highest BCUT2D eigenvalue weighted by molar-refractivity contribution is 6.39. The Balaban J connectivity index is 1.62. The summed E-state index contributed by atoms with van der Waals surface area (Å²) in [4.78, 5) is 20.3. The van der Waals surface area contributed by atoms with Crippen molar-refractivity contribution in [3.63, 3.8) is 0 Å². The van der Waals surface area contributed by atoms with E-state index < -0.39 is 5.91 Å². The van der Waals surface area contributed by atoms with Crippen molar-refractivity contribution in [2.24, 2.45) is 5.92 Å². The Morgan fingerprint density at radius 3 is 2.61 bits per heavy atom. The maximum absolute atomic E-state index is 12.9. The number of nitrogens with zero attached hydrogens (tertiary/aromatic N) is 2. The van der Waals surface area contributed by atoms with Crippen molar-refractivity contribution in [1.82, 2.24) is 25.4 Å². The van der Waals surface area contributed by atoms with Crippen LogP contribution in [0.5, 0.6) is 0 Å². The van der Waals surface area contributed by atoms with Crippen LogP contribution in [0, 0.1) is 16.7 Å². The van der Waals surface area contributed by atoms with Gasteiger partial charge < -0.3 is 20.5 Å². The SMILES string of the molecule is CC(C)CCC(Cc1c[nH]c2ccccc12)NC(=O)C(=N)NC(=N)N1CCN(C)C(C)(C)C1. The number of hydrogen-bond donors (Lipinski definition) is 5. The summed E-state index contributed by atoms with van der Waals surface area (Å²) in [6.07, 6.45) is 4.52. The van der Waals surface area contributed by atoms with E-state index in [1.54, 1.807) is 0 Å². The largest absolute Gasteiger partial charge is 0.361 e. The minimum absolute atomic E-state index is 0.0715. The maximum atomic E-state index is 12.9. The number of carbonyl (C=O) groups is 1. The molecule has 180 valence electrons. The summed E-state index contributed by atoms with van der Waals surface area (Å²) in [5, 5.41) is 23.6. The molecular formula is C25H39N7O. The van der Waals surface area contributed by atoms with Crippen LogP contribution >= 0.6 is 0 Å². The Kier molecular flexibility index (Phi) is 7.79. The Morgan fingerprint density at radius 1 is 1.18 bits per heavy atom. The fourth-order valence-corrected chi connectivity index (χ4v) is 4.27. The van der Waals surface area contributed by atoms with Crippen LogP contribution in [0.3, 0.4) is 0 Å². The van der Waals surface area contributed by atoms with Crippen LogP contribution in [0.15, 0.2) is 30.5 Å². The van der Waals surface area contributed by atoms with Gasteiger partial charge in [-0.1, -0.05) is 32.0 Å². The van der Waals surface area contributed by atoms with Gasteiger partial charge in [-0.25, -0.2) is 0 Å². The number of para-hydroxylation sites is 1. The number of amidine groups is 1. The summed E-state index contributed by atoms with van der Waals surface area (Å²) in [5.41, 5.74) is 2.17. The summed E-state index contributed by atoms with van der Waals surface area (Å²) < 4.78 is 0. The van der Waals surface area contributed by atoms with E-state index in [-0.39, 0.29) is 23.4 Å². The summed E-state index contributed by atoms with van der Waals surface area (Å²) in [5.74, 6) is -0.127. The molecule has 3 rings (SSSR count). The van der Waals surface area contributed by atoms with E-state index in [2.05, 4.69) is 61.3 Å². The number of hydrogen-bond acceptors (Lipinski definition) is 4. The molecule has 2 heterocycles. The minimum Gasteiger partial charge on any atom is -0.361 e. The predicted molar refractivity (Wildman–Crippen MR) is 135 cm³/mol. The van der Waals surface area contributed by atoms with E-state index in [4.69, 9.17) is 10.8 Å². The van der Waals surface area contributed by atoms with E-state index in [0.717, 1.165) is 35.9 Å². The van der Waals surface area contributed by atoms with Crippen LogP contribution in [0.25, 0.3) is 10.9 Å². The highest BCUT2D eigenvalue weighted by Crippen LogP contribution is 2.21. The molecule has 1 aliphatic rings. The highest BCUT2D eigenvalue weighted by atomic mass is 16.2. The number of aromatic nitrogens is 1. The van der Waals surface area contributed by atoms with Crippen molar-refractivity contribution in [2.75, 3.05) is 26.7 Å². The van der Waals surface area contributed by atoms with E-state index in [1.165, 1.54) is 0 Å². The molecule has 2 aromatic rings. The Hall–Kier alpha value is -2.87. The first kappa shape index (κ1) is 24.8. The van der Waals surface area contributed by atoms with E-state index in [1.807, 2.05) is 29.3 Å². The topological polar surface area (TPSA) is 111 Å². The third-order valence-electron chi connectivity index (χ3n) is 6.67. The molecule has 1 aliphatic heterocycles. The fourth-order valence-electron chi connectivity index (χ4n) is 4.27. The van der Waals surface area contributed by atoms with Gasteiger partial charge in [-0.05, 0) is 57.7 Å². The average Bonchev–Trinajstić information content (AvgIpc) is 3.16. The predicted octanol–water partition coefficient (Wildman–Crippen LogP) is 3.16. The lowest BCUT2D eigenvalue weighted by molar-refractivity contribution is -0.115. The monoisotopic (exact) mass is 453 g/mol. The third kappa shape index (κ3) is 6.35. The number of rotatable bonds is 6.